The molecule has 2 rings (SSSR count). The quantitative estimate of drug-likeness (QED) is 0.484. The maximum absolute atomic E-state index is 11.1. The first kappa shape index (κ1) is 8.51. The molecule has 0 aromatic heterocycles. The minimum absolute atomic E-state index is 0.148. The monoisotopic (exact) mass is 180 g/mol. The number of carbonyl (C=O) groups excluding carboxylic acids is 1. The molecule has 1 fully saturated rings. The molecular formula is C10H12O3. The molecule has 0 N–H and O–H groups in total. The first-order chi connectivity index (χ1) is 6.31. The van der Waals surface area contributed by atoms with E-state index in [4.69, 9.17) is 9.47 Å². The van der Waals surface area contributed by atoms with Crippen molar-refractivity contribution in [3.63, 3.8) is 0 Å². The summed E-state index contributed by atoms with van der Waals surface area (Å²) in [5.41, 5.74) is 1.03. The molecule has 0 spiro atoms. The number of esters is 1. The Morgan fingerprint density at radius 3 is 3.31 bits per heavy atom. The molecule has 0 radical (unpaired) electrons. The standard InChI is InChI=1S/C10H12O3/c1-2-12-9(11)6-7-4-3-5-8-10(7)13-8/h3-5,8,10H,2,6H2,1H3. The van der Waals surface area contributed by atoms with Crippen LogP contribution in [0.5, 0.6) is 0 Å². The van der Waals surface area contributed by atoms with Gasteiger partial charge in [0.2, 0.25) is 0 Å². The highest BCUT2D eigenvalue weighted by molar-refractivity contribution is 5.73. The molecule has 2 atom stereocenters. The molecule has 2 unspecified atom stereocenters. The Bertz CT molecular complexity index is 278. The molecule has 3 heteroatoms. The maximum Gasteiger partial charge on any atom is 0.310 e. The number of allylic oxidation sites excluding steroid dienone is 2. The summed E-state index contributed by atoms with van der Waals surface area (Å²) in [7, 11) is 0. The third kappa shape index (κ3) is 1.80. The molecule has 1 aliphatic heterocycles. The van der Waals surface area contributed by atoms with Crippen LogP contribution in [-0.4, -0.2) is 24.8 Å². The average molecular weight is 180 g/mol. The van der Waals surface area contributed by atoms with Crippen LogP contribution in [0.25, 0.3) is 0 Å². The molecule has 0 aromatic carbocycles. The van der Waals surface area contributed by atoms with Gasteiger partial charge in [0.1, 0.15) is 12.2 Å². The van der Waals surface area contributed by atoms with Gasteiger partial charge in [-0.1, -0.05) is 18.2 Å². The van der Waals surface area contributed by atoms with Crippen LogP contribution in [0.2, 0.25) is 0 Å². The van der Waals surface area contributed by atoms with E-state index < -0.39 is 0 Å². The van der Waals surface area contributed by atoms with E-state index in [-0.39, 0.29) is 18.2 Å². The van der Waals surface area contributed by atoms with Gasteiger partial charge in [0, 0.05) is 0 Å². The second kappa shape index (κ2) is 3.34. The first-order valence-corrected chi connectivity index (χ1v) is 4.49. The van der Waals surface area contributed by atoms with E-state index in [0.717, 1.165) is 5.57 Å². The molecule has 70 valence electrons. The van der Waals surface area contributed by atoms with Gasteiger partial charge in [0.25, 0.3) is 0 Å². The van der Waals surface area contributed by atoms with Crippen LogP contribution in [0, 0.1) is 0 Å². The molecule has 3 nitrogen and oxygen atoms in total. The Hall–Kier alpha value is -1.09. The van der Waals surface area contributed by atoms with Crippen molar-refractivity contribution in [2.45, 2.75) is 25.6 Å². The lowest BCUT2D eigenvalue weighted by molar-refractivity contribution is -0.142. The molecule has 0 saturated carbocycles. The van der Waals surface area contributed by atoms with Crippen LogP contribution >= 0.6 is 0 Å². The molecular weight excluding hydrogens is 168 g/mol. The van der Waals surface area contributed by atoms with Crippen LogP contribution in [0.3, 0.4) is 0 Å². The van der Waals surface area contributed by atoms with E-state index in [1.165, 1.54) is 0 Å². The normalized spacial score (nSPS) is 29.2. The van der Waals surface area contributed by atoms with E-state index in [0.29, 0.717) is 13.0 Å². The fourth-order valence-corrected chi connectivity index (χ4v) is 1.49. The third-order valence-corrected chi connectivity index (χ3v) is 2.16. The van der Waals surface area contributed by atoms with E-state index >= 15 is 0 Å². The number of fused-ring (bicyclic) bond motifs is 1. The summed E-state index contributed by atoms with van der Waals surface area (Å²) < 4.78 is 10.2. The molecule has 0 bridgehead atoms. The largest absolute Gasteiger partial charge is 0.466 e. The van der Waals surface area contributed by atoms with Crippen molar-refractivity contribution in [3.8, 4) is 0 Å². The number of epoxide rings is 1. The fraction of sp³-hybridized carbons (Fsp3) is 0.500. The summed E-state index contributed by atoms with van der Waals surface area (Å²) in [6.45, 7) is 2.25. The molecule has 2 aliphatic rings. The predicted octanol–water partition coefficient (Wildman–Crippen LogP) is 1.20. The lowest BCUT2D eigenvalue weighted by atomic mass is 10.0. The number of rotatable bonds is 3. The van der Waals surface area contributed by atoms with Crippen LogP contribution in [0.1, 0.15) is 13.3 Å². The highest BCUT2D eigenvalue weighted by Gasteiger charge is 2.41. The smallest absolute Gasteiger partial charge is 0.310 e. The van der Waals surface area contributed by atoms with Gasteiger partial charge in [-0.3, -0.25) is 4.79 Å². The fourth-order valence-electron chi connectivity index (χ4n) is 1.49. The number of hydrogen-bond acceptors (Lipinski definition) is 3. The topological polar surface area (TPSA) is 38.8 Å². The lowest BCUT2D eigenvalue weighted by Gasteiger charge is -2.04. The highest BCUT2D eigenvalue weighted by Crippen LogP contribution is 2.34. The summed E-state index contributed by atoms with van der Waals surface area (Å²) in [5.74, 6) is -0.168. The summed E-state index contributed by atoms with van der Waals surface area (Å²) in [6, 6.07) is 0. The Morgan fingerprint density at radius 1 is 1.69 bits per heavy atom. The van der Waals surface area contributed by atoms with Crippen molar-refractivity contribution in [1.29, 1.82) is 0 Å². The Balaban J connectivity index is 1.91. The van der Waals surface area contributed by atoms with E-state index in [9.17, 15) is 4.79 Å². The zero-order valence-corrected chi connectivity index (χ0v) is 7.53. The minimum atomic E-state index is -0.168. The van der Waals surface area contributed by atoms with Crippen LogP contribution in [-0.2, 0) is 14.3 Å². The Labute approximate surface area is 77.0 Å². The van der Waals surface area contributed by atoms with Crippen LogP contribution in [0.15, 0.2) is 23.8 Å². The van der Waals surface area contributed by atoms with E-state index in [2.05, 4.69) is 0 Å². The number of ether oxygens (including phenoxy) is 2. The van der Waals surface area contributed by atoms with Gasteiger partial charge in [0.15, 0.2) is 0 Å². The van der Waals surface area contributed by atoms with Gasteiger partial charge in [-0.25, -0.2) is 0 Å². The Kier molecular flexibility index (Phi) is 2.19. The molecule has 13 heavy (non-hydrogen) atoms. The van der Waals surface area contributed by atoms with Crippen molar-refractivity contribution in [3.05, 3.63) is 23.8 Å². The maximum atomic E-state index is 11.1. The van der Waals surface area contributed by atoms with Gasteiger partial charge in [-0.05, 0) is 12.5 Å². The third-order valence-electron chi connectivity index (χ3n) is 2.16. The second-order valence-corrected chi connectivity index (χ2v) is 3.13. The lowest BCUT2D eigenvalue weighted by Crippen LogP contribution is -2.09. The summed E-state index contributed by atoms with van der Waals surface area (Å²) >= 11 is 0. The molecule has 0 aromatic rings. The molecule has 1 aliphatic carbocycles. The second-order valence-electron chi connectivity index (χ2n) is 3.13. The minimum Gasteiger partial charge on any atom is -0.466 e. The van der Waals surface area contributed by atoms with Gasteiger partial charge in [0.05, 0.1) is 13.0 Å². The van der Waals surface area contributed by atoms with Gasteiger partial charge >= 0.3 is 5.97 Å². The van der Waals surface area contributed by atoms with Crippen molar-refractivity contribution in [2.24, 2.45) is 0 Å². The SMILES string of the molecule is CCOC(=O)CC1=CC=CC2OC12. The molecule has 1 heterocycles. The first-order valence-electron chi connectivity index (χ1n) is 4.49. The van der Waals surface area contributed by atoms with Gasteiger partial charge in [-0.15, -0.1) is 0 Å². The summed E-state index contributed by atoms with van der Waals surface area (Å²) in [4.78, 5) is 11.1. The number of carbonyl (C=O) groups is 1. The van der Waals surface area contributed by atoms with Crippen molar-refractivity contribution in [1.82, 2.24) is 0 Å². The van der Waals surface area contributed by atoms with Crippen molar-refractivity contribution >= 4 is 5.97 Å². The predicted molar refractivity (Wildman–Crippen MR) is 47.1 cm³/mol. The summed E-state index contributed by atoms with van der Waals surface area (Å²) in [5, 5.41) is 0. The van der Waals surface area contributed by atoms with Crippen LogP contribution < -0.4 is 0 Å². The highest BCUT2D eigenvalue weighted by atomic mass is 16.6. The zero-order chi connectivity index (χ0) is 9.26. The van der Waals surface area contributed by atoms with E-state index in [1.54, 1.807) is 0 Å². The number of hydrogen-bond donors (Lipinski definition) is 0. The van der Waals surface area contributed by atoms with Crippen LogP contribution in [0.4, 0.5) is 0 Å². The van der Waals surface area contributed by atoms with Crippen molar-refractivity contribution < 1.29 is 14.3 Å². The summed E-state index contributed by atoms with van der Waals surface area (Å²) in [6.07, 6.45) is 6.59. The zero-order valence-electron chi connectivity index (χ0n) is 7.53. The Morgan fingerprint density at radius 2 is 2.54 bits per heavy atom. The average Bonchev–Trinajstić information content (AvgIpc) is 2.84. The van der Waals surface area contributed by atoms with Gasteiger partial charge in [-0.2, -0.15) is 0 Å². The molecule has 1 saturated heterocycles. The molecule has 0 amide bonds. The van der Waals surface area contributed by atoms with E-state index in [1.807, 2.05) is 25.2 Å². The van der Waals surface area contributed by atoms with Crippen molar-refractivity contribution in [2.75, 3.05) is 6.61 Å². The van der Waals surface area contributed by atoms with Gasteiger partial charge < -0.3 is 9.47 Å².